The lowest BCUT2D eigenvalue weighted by Gasteiger charge is -2.37. The maximum absolute atomic E-state index is 12.5. The molecule has 0 aliphatic carbocycles. The molecule has 3 rings (SSSR count). The van der Waals surface area contributed by atoms with Crippen LogP contribution in [-0.2, 0) is 4.74 Å². The van der Waals surface area contributed by atoms with Gasteiger partial charge in [0.05, 0.1) is 17.9 Å². The van der Waals surface area contributed by atoms with Crippen LogP contribution in [0.15, 0.2) is 24.5 Å². The summed E-state index contributed by atoms with van der Waals surface area (Å²) in [6.45, 7) is 8.43. The largest absolute Gasteiger partial charge is 0.444 e. The Morgan fingerprint density at radius 3 is 2.86 bits per heavy atom. The quantitative estimate of drug-likeness (QED) is 0.800. The molecule has 0 saturated carbocycles. The second-order valence-corrected chi connectivity index (χ2v) is 7.26. The molecule has 5 nitrogen and oxygen atoms in total. The van der Waals surface area contributed by atoms with Crippen molar-refractivity contribution in [2.45, 2.75) is 45.3 Å². The highest BCUT2D eigenvalue weighted by Crippen LogP contribution is 2.33. The van der Waals surface area contributed by atoms with Crippen LogP contribution in [-0.4, -0.2) is 47.3 Å². The molecule has 0 N–H and O–H groups in total. The smallest absolute Gasteiger partial charge is 0.410 e. The minimum atomic E-state index is -0.439. The van der Waals surface area contributed by atoms with Gasteiger partial charge in [-0.2, -0.15) is 0 Å². The van der Waals surface area contributed by atoms with Crippen molar-refractivity contribution >= 4 is 11.8 Å². The van der Waals surface area contributed by atoms with Crippen molar-refractivity contribution in [3.63, 3.8) is 0 Å². The fraction of sp³-hybridized carbons (Fsp3) is 0.647. The number of carbonyl (C=O) groups excluding carboxylic acids is 1. The van der Waals surface area contributed by atoms with Crippen LogP contribution in [0.3, 0.4) is 0 Å². The van der Waals surface area contributed by atoms with E-state index in [4.69, 9.17) is 4.74 Å². The van der Waals surface area contributed by atoms with Gasteiger partial charge in [0, 0.05) is 25.8 Å². The zero-order chi connectivity index (χ0) is 15.7. The molecule has 0 spiro atoms. The zero-order valence-corrected chi connectivity index (χ0v) is 13.7. The van der Waals surface area contributed by atoms with Gasteiger partial charge in [-0.15, -0.1) is 0 Å². The van der Waals surface area contributed by atoms with E-state index in [1.807, 2.05) is 37.9 Å². The van der Waals surface area contributed by atoms with Crippen molar-refractivity contribution in [3.05, 3.63) is 24.5 Å². The highest BCUT2D eigenvalue weighted by molar-refractivity contribution is 5.69. The molecule has 2 aliphatic rings. The Balaban J connectivity index is 1.72. The Labute approximate surface area is 132 Å². The Bertz CT molecular complexity index is 526. The average Bonchev–Trinajstić information content (AvgIpc) is 2.90. The molecule has 2 saturated heterocycles. The predicted molar refractivity (Wildman–Crippen MR) is 85.9 cm³/mol. The fourth-order valence-corrected chi connectivity index (χ4v) is 3.48. The lowest BCUT2D eigenvalue weighted by atomic mass is 9.92. The third-order valence-corrected chi connectivity index (χ3v) is 4.42. The Kier molecular flexibility index (Phi) is 3.98. The van der Waals surface area contributed by atoms with E-state index >= 15 is 0 Å². The second kappa shape index (κ2) is 5.78. The third kappa shape index (κ3) is 3.18. The van der Waals surface area contributed by atoms with E-state index in [9.17, 15) is 4.79 Å². The summed E-state index contributed by atoms with van der Waals surface area (Å²) in [7, 11) is 0. The van der Waals surface area contributed by atoms with Gasteiger partial charge < -0.3 is 14.5 Å². The number of fused-ring (bicyclic) bond motifs is 1. The number of rotatable bonds is 1. The van der Waals surface area contributed by atoms with Gasteiger partial charge in [-0.05, 0) is 51.7 Å². The summed E-state index contributed by atoms with van der Waals surface area (Å²) >= 11 is 0. The van der Waals surface area contributed by atoms with Gasteiger partial charge in [0.1, 0.15) is 5.60 Å². The van der Waals surface area contributed by atoms with Crippen LogP contribution in [0.1, 0.15) is 33.6 Å². The first-order valence-corrected chi connectivity index (χ1v) is 8.08. The number of pyridine rings is 1. The molecular formula is C17H25N3O2. The van der Waals surface area contributed by atoms with E-state index in [0.29, 0.717) is 5.92 Å². The van der Waals surface area contributed by atoms with Gasteiger partial charge in [0.15, 0.2) is 0 Å². The molecule has 1 amide bonds. The molecule has 2 aliphatic heterocycles. The van der Waals surface area contributed by atoms with E-state index in [1.165, 1.54) is 6.42 Å². The van der Waals surface area contributed by atoms with E-state index in [0.717, 1.165) is 31.7 Å². The monoisotopic (exact) mass is 303 g/mol. The number of hydrogen-bond donors (Lipinski definition) is 0. The summed E-state index contributed by atoms with van der Waals surface area (Å²) in [5.41, 5.74) is 0.701. The molecule has 0 radical (unpaired) electrons. The summed E-state index contributed by atoms with van der Waals surface area (Å²) in [5.74, 6) is 0.529. The number of ether oxygens (including phenoxy) is 1. The molecule has 3 heterocycles. The summed E-state index contributed by atoms with van der Waals surface area (Å²) in [6.07, 6.45) is 5.76. The highest BCUT2D eigenvalue weighted by Gasteiger charge is 2.42. The molecule has 2 fully saturated rings. The van der Waals surface area contributed by atoms with Gasteiger partial charge in [0.25, 0.3) is 0 Å². The first-order valence-electron chi connectivity index (χ1n) is 8.08. The Morgan fingerprint density at radius 2 is 2.18 bits per heavy atom. The highest BCUT2D eigenvalue weighted by atomic mass is 16.6. The topological polar surface area (TPSA) is 45.7 Å². The molecule has 0 aromatic carbocycles. The normalized spacial score (nSPS) is 25.0. The Hall–Kier alpha value is -1.78. The molecule has 22 heavy (non-hydrogen) atoms. The van der Waals surface area contributed by atoms with Gasteiger partial charge >= 0.3 is 6.09 Å². The zero-order valence-electron chi connectivity index (χ0n) is 13.7. The summed E-state index contributed by atoms with van der Waals surface area (Å²) < 4.78 is 5.58. The number of aromatic nitrogens is 1. The molecule has 5 heteroatoms. The number of piperidine rings is 1. The van der Waals surface area contributed by atoms with E-state index in [2.05, 4.69) is 16.0 Å². The first-order chi connectivity index (χ1) is 10.4. The molecule has 2 atom stereocenters. The Morgan fingerprint density at radius 1 is 1.36 bits per heavy atom. The molecule has 0 bridgehead atoms. The van der Waals surface area contributed by atoms with E-state index in [-0.39, 0.29) is 12.1 Å². The van der Waals surface area contributed by atoms with Crippen LogP contribution in [0, 0.1) is 5.92 Å². The summed E-state index contributed by atoms with van der Waals surface area (Å²) in [6, 6.07) is 4.30. The van der Waals surface area contributed by atoms with Crippen LogP contribution in [0.25, 0.3) is 0 Å². The van der Waals surface area contributed by atoms with Crippen LogP contribution in [0.2, 0.25) is 0 Å². The van der Waals surface area contributed by atoms with Crippen molar-refractivity contribution in [2.75, 3.05) is 24.5 Å². The van der Waals surface area contributed by atoms with Crippen LogP contribution in [0.5, 0.6) is 0 Å². The van der Waals surface area contributed by atoms with Crippen molar-refractivity contribution in [2.24, 2.45) is 5.92 Å². The molecule has 1 aromatic rings. The number of hydrogen-bond acceptors (Lipinski definition) is 4. The SMILES string of the molecule is CC(C)(C)OC(=O)N1CCC[C@@H]2CN(c3cccnc3)C[C@@H]21. The lowest BCUT2D eigenvalue weighted by molar-refractivity contribution is 0.00670. The lowest BCUT2D eigenvalue weighted by Crippen LogP contribution is -2.50. The molecule has 1 aromatic heterocycles. The maximum Gasteiger partial charge on any atom is 0.410 e. The van der Waals surface area contributed by atoms with Crippen molar-refractivity contribution in [3.8, 4) is 0 Å². The minimum absolute atomic E-state index is 0.171. The van der Waals surface area contributed by atoms with Gasteiger partial charge in [-0.1, -0.05) is 0 Å². The number of carbonyl (C=O) groups is 1. The van der Waals surface area contributed by atoms with Crippen LogP contribution < -0.4 is 4.90 Å². The van der Waals surface area contributed by atoms with Gasteiger partial charge in [-0.3, -0.25) is 4.98 Å². The average molecular weight is 303 g/mol. The number of nitrogens with zero attached hydrogens (tertiary/aromatic N) is 3. The maximum atomic E-state index is 12.5. The molecule has 120 valence electrons. The number of likely N-dealkylation sites (tertiary alicyclic amines) is 1. The summed E-state index contributed by atoms with van der Waals surface area (Å²) in [4.78, 5) is 21.0. The number of anilines is 1. The van der Waals surface area contributed by atoms with Gasteiger partial charge in [0.2, 0.25) is 0 Å². The number of amides is 1. The first kappa shape index (κ1) is 15.1. The third-order valence-electron chi connectivity index (χ3n) is 4.42. The molecular weight excluding hydrogens is 278 g/mol. The van der Waals surface area contributed by atoms with Gasteiger partial charge in [-0.25, -0.2) is 4.79 Å². The fourth-order valence-electron chi connectivity index (χ4n) is 3.48. The standard InChI is InChI=1S/C17H25N3O2/c1-17(2,3)22-16(21)20-9-5-6-13-11-19(12-15(13)20)14-7-4-8-18-10-14/h4,7-8,10,13,15H,5-6,9,11-12H2,1-3H3/t13-,15+/m1/s1. The minimum Gasteiger partial charge on any atom is -0.444 e. The summed E-state index contributed by atoms with van der Waals surface area (Å²) in [5, 5.41) is 0. The van der Waals surface area contributed by atoms with E-state index in [1.54, 1.807) is 6.20 Å². The molecule has 0 unspecified atom stereocenters. The van der Waals surface area contributed by atoms with Crippen LogP contribution in [0.4, 0.5) is 10.5 Å². The van der Waals surface area contributed by atoms with Crippen molar-refractivity contribution in [1.29, 1.82) is 0 Å². The van der Waals surface area contributed by atoms with E-state index < -0.39 is 5.60 Å². The second-order valence-electron chi connectivity index (χ2n) is 7.26. The predicted octanol–water partition coefficient (Wildman–Crippen LogP) is 2.92. The van der Waals surface area contributed by atoms with Crippen molar-refractivity contribution < 1.29 is 9.53 Å². The van der Waals surface area contributed by atoms with Crippen molar-refractivity contribution in [1.82, 2.24) is 9.88 Å². The van der Waals surface area contributed by atoms with Crippen LogP contribution >= 0.6 is 0 Å².